The molecule has 1 N–H and O–H groups in total. The van der Waals surface area contributed by atoms with Crippen molar-refractivity contribution in [3.8, 4) is 0 Å². The molecule has 2 rings (SSSR count). The van der Waals surface area contributed by atoms with Gasteiger partial charge in [0.2, 0.25) is 0 Å². The molecule has 78 valence electrons. The van der Waals surface area contributed by atoms with E-state index in [-0.39, 0.29) is 0 Å². The second kappa shape index (κ2) is 4.39. The van der Waals surface area contributed by atoms with Crippen LogP contribution in [-0.2, 0) is 0 Å². The molecule has 0 spiro atoms. The van der Waals surface area contributed by atoms with Crippen molar-refractivity contribution in [2.75, 3.05) is 0 Å². The van der Waals surface area contributed by atoms with Crippen LogP contribution in [0.1, 0.15) is 17.4 Å². The summed E-state index contributed by atoms with van der Waals surface area (Å²) in [5, 5.41) is 10.5. The van der Waals surface area contributed by atoms with Gasteiger partial charge in [-0.1, -0.05) is 27.5 Å². The van der Waals surface area contributed by atoms with E-state index in [1.807, 2.05) is 0 Å². The van der Waals surface area contributed by atoms with Crippen molar-refractivity contribution in [2.24, 2.45) is 0 Å². The van der Waals surface area contributed by atoms with Crippen molar-refractivity contribution in [3.05, 3.63) is 57.4 Å². The third kappa shape index (κ3) is 2.43. The lowest BCUT2D eigenvalue weighted by Crippen LogP contribution is -1.97. The second-order valence-corrected chi connectivity index (χ2v) is 4.47. The smallest absolute Gasteiger partial charge is 0.137 e. The van der Waals surface area contributed by atoms with Gasteiger partial charge in [0, 0.05) is 9.50 Å². The Hall–Kier alpha value is -0.770. The highest BCUT2D eigenvalue weighted by Gasteiger charge is 2.13. The maximum Gasteiger partial charge on any atom is 0.137 e. The maximum atomic E-state index is 9.96. The molecular weight excluding hydrogens is 279 g/mol. The Morgan fingerprint density at radius 1 is 1.33 bits per heavy atom. The van der Waals surface area contributed by atoms with Crippen LogP contribution < -0.4 is 0 Å². The normalized spacial score (nSPS) is 12.7. The van der Waals surface area contributed by atoms with Gasteiger partial charge in [-0.05, 0) is 35.9 Å². The van der Waals surface area contributed by atoms with Gasteiger partial charge in [-0.25, -0.2) is 0 Å². The summed E-state index contributed by atoms with van der Waals surface area (Å²) in [4.78, 5) is 0. The van der Waals surface area contributed by atoms with E-state index in [2.05, 4.69) is 15.9 Å². The molecule has 0 aliphatic rings. The molecule has 0 amide bonds. The molecular formula is C11H8BrClO2. The highest BCUT2D eigenvalue weighted by atomic mass is 79.9. The van der Waals surface area contributed by atoms with Crippen LogP contribution in [0, 0.1) is 0 Å². The number of rotatable bonds is 2. The van der Waals surface area contributed by atoms with E-state index in [0.717, 1.165) is 4.47 Å². The Bertz CT molecular complexity index is 433. The predicted molar refractivity (Wildman–Crippen MR) is 61.9 cm³/mol. The maximum absolute atomic E-state index is 9.96. The Labute approximate surface area is 101 Å². The van der Waals surface area contributed by atoms with Gasteiger partial charge in [0.1, 0.15) is 11.9 Å². The van der Waals surface area contributed by atoms with E-state index >= 15 is 0 Å². The number of aliphatic hydroxyl groups excluding tert-OH is 1. The first-order chi connectivity index (χ1) is 7.16. The van der Waals surface area contributed by atoms with E-state index in [1.165, 1.54) is 6.26 Å². The summed E-state index contributed by atoms with van der Waals surface area (Å²) in [5.74, 6) is 0.504. The minimum Gasteiger partial charge on any atom is -0.466 e. The number of aliphatic hydroxyl groups is 1. The van der Waals surface area contributed by atoms with Crippen LogP contribution >= 0.6 is 27.5 Å². The Balaban J connectivity index is 2.37. The molecule has 0 bridgehead atoms. The van der Waals surface area contributed by atoms with Crippen LogP contribution in [0.15, 0.2) is 45.5 Å². The van der Waals surface area contributed by atoms with Gasteiger partial charge in [0.25, 0.3) is 0 Å². The molecule has 0 saturated heterocycles. The average molecular weight is 288 g/mol. The monoisotopic (exact) mass is 286 g/mol. The quantitative estimate of drug-likeness (QED) is 0.912. The van der Waals surface area contributed by atoms with Gasteiger partial charge in [-0.2, -0.15) is 0 Å². The molecule has 1 unspecified atom stereocenters. The van der Waals surface area contributed by atoms with Crippen LogP contribution in [0.4, 0.5) is 0 Å². The van der Waals surface area contributed by atoms with Gasteiger partial charge < -0.3 is 9.52 Å². The summed E-state index contributed by atoms with van der Waals surface area (Å²) in [7, 11) is 0. The SMILES string of the molecule is OC(c1cc(Cl)cc(Br)c1)c1ccco1. The van der Waals surface area contributed by atoms with Gasteiger partial charge in [-0.3, -0.25) is 0 Å². The van der Waals surface area contributed by atoms with Crippen LogP contribution in [0.3, 0.4) is 0 Å². The van der Waals surface area contributed by atoms with Crippen molar-refractivity contribution in [1.29, 1.82) is 0 Å². The van der Waals surface area contributed by atoms with Crippen LogP contribution in [-0.4, -0.2) is 5.11 Å². The molecule has 1 atom stereocenters. The van der Waals surface area contributed by atoms with Crippen molar-refractivity contribution in [1.82, 2.24) is 0 Å². The van der Waals surface area contributed by atoms with E-state index in [4.69, 9.17) is 16.0 Å². The van der Waals surface area contributed by atoms with E-state index in [1.54, 1.807) is 30.3 Å². The van der Waals surface area contributed by atoms with Crippen LogP contribution in [0.25, 0.3) is 0 Å². The summed E-state index contributed by atoms with van der Waals surface area (Å²) >= 11 is 9.20. The molecule has 15 heavy (non-hydrogen) atoms. The molecule has 2 nitrogen and oxygen atoms in total. The predicted octanol–water partition coefficient (Wildman–Crippen LogP) is 3.78. The lowest BCUT2D eigenvalue weighted by atomic mass is 10.1. The van der Waals surface area contributed by atoms with Gasteiger partial charge in [0.05, 0.1) is 6.26 Å². The zero-order chi connectivity index (χ0) is 10.8. The Morgan fingerprint density at radius 3 is 2.73 bits per heavy atom. The number of benzene rings is 1. The standard InChI is InChI=1S/C11H8BrClO2/c12-8-4-7(5-9(13)6-8)11(14)10-2-1-3-15-10/h1-6,11,14H. The summed E-state index contributed by atoms with van der Waals surface area (Å²) in [5.41, 5.74) is 0.698. The number of halogens is 2. The van der Waals surface area contributed by atoms with E-state index < -0.39 is 6.10 Å². The topological polar surface area (TPSA) is 33.4 Å². The van der Waals surface area contributed by atoms with Crippen molar-refractivity contribution >= 4 is 27.5 Å². The number of hydrogen-bond acceptors (Lipinski definition) is 2. The fraction of sp³-hybridized carbons (Fsp3) is 0.0909. The van der Waals surface area contributed by atoms with Gasteiger partial charge >= 0.3 is 0 Å². The lowest BCUT2D eigenvalue weighted by molar-refractivity contribution is 0.189. The highest BCUT2D eigenvalue weighted by Crippen LogP contribution is 2.27. The highest BCUT2D eigenvalue weighted by molar-refractivity contribution is 9.10. The average Bonchev–Trinajstić information content (AvgIpc) is 2.67. The van der Waals surface area contributed by atoms with Crippen molar-refractivity contribution in [3.63, 3.8) is 0 Å². The molecule has 0 aliphatic carbocycles. The van der Waals surface area contributed by atoms with E-state index in [9.17, 15) is 5.11 Å². The second-order valence-electron chi connectivity index (χ2n) is 3.12. The first-order valence-electron chi connectivity index (χ1n) is 4.34. The lowest BCUT2D eigenvalue weighted by Gasteiger charge is -2.08. The molecule has 0 radical (unpaired) electrons. The van der Waals surface area contributed by atoms with Crippen LogP contribution in [0.2, 0.25) is 5.02 Å². The Kier molecular flexibility index (Phi) is 3.14. The van der Waals surface area contributed by atoms with Crippen LogP contribution in [0.5, 0.6) is 0 Å². The third-order valence-electron chi connectivity index (χ3n) is 2.01. The number of hydrogen-bond donors (Lipinski definition) is 1. The summed E-state index contributed by atoms with van der Waals surface area (Å²) < 4.78 is 5.95. The fourth-order valence-corrected chi connectivity index (χ4v) is 2.23. The number of furan rings is 1. The minimum atomic E-state index is -0.782. The van der Waals surface area contributed by atoms with Crippen molar-refractivity contribution < 1.29 is 9.52 Å². The van der Waals surface area contributed by atoms with Crippen molar-refractivity contribution in [2.45, 2.75) is 6.10 Å². The molecule has 4 heteroatoms. The molecule has 0 fully saturated rings. The molecule has 0 saturated carbocycles. The molecule has 1 aromatic heterocycles. The summed E-state index contributed by atoms with van der Waals surface area (Å²) in [6.45, 7) is 0. The third-order valence-corrected chi connectivity index (χ3v) is 2.69. The largest absolute Gasteiger partial charge is 0.466 e. The Morgan fingerprint density at radius 2 is 2.13 bits per heavy atom. The molecule has 1 aromatic carbocycles. The zero-order valence-electron chi connectivity index (χ0n) is 7.65. The molecule has 1 heterocycles. The zero-order valence-corrected chi connectivity index (χ0v) is 9.99. The molecule has 2 aromatic rings. The first kappa shape index (κ1) is 10.7. The van der Waals surface area contributed by atoms with Gasteiger partial charge in [0.15, 0.2) is 0 Å². The minimum absolute atomic E-state index is 0.504. The van der Waals surface area contributed by atoms with Gasteiger partial charge in [-0.15, -0.1) is 0 Å². The first-order valence-corrected chi connectivity index (χ1v) is 5.51. The summed E-state index contributed by atoms with van der Waals surface area (Å²) in [6.07, 6.45) is 0.744. The fourth-order valence-electron chi connectivity index (χ4n) is 1.34. The molecule has 0 aliphatic heterocycles. The summed E-state index contributed by atoms with van der Waals surface area (Å²) in [6, 6.07) is 8.73. The van der Waals surface area contributed by atoms with E-state index in [0.29, 0.717) is 16.3 Å².